The number of hydrogen-bond acceptors (Lipinski definition) is 2. The Kier molecular flexibility index (Phi) is 4.71. The van der Waals surface area contributed by atoms with E-state index in [4.69, 9.17) is 0 Å². The van der Waals surface area contributed by atoms with Crippen molar-refractivity contribution in [2.45, 2.75) is 24.6 Å². The first-order valence-electron chi connectivity index (χ1n) is 8.02. The van der Waals surface area contributed by atoms with E-state index in [2.05, 4.69) is 5.32 Å². The first-order chi connectivity index (χ1) is 12.3. The lowest BCUT2D eigenvalue weighted by Gasteiger charge is -2.15. The van der Waals surface area contributed by atoms with Gasteiger partial charge in [0.1, 0.15) is 0 Å². The number of carbonyl (C=O) groups is 2. The Bertz CT molecular complexity index is 820. The van der Waals surface area contributed by atoms with Crippen molar-refractivity contribution in [3.8, 4) is 0 Å². The number of rotatable bonds is 5. The molecule has 2 aromatic rings. The van der Waals surface area contributed by atoms with E-state index in [0.29, 0.717) is 17.5 Å². The fraction of sp³-hybridized carbons (Fsp3) is 0.263. The number of amides is 1. The Balaban J connectivity index is 1.70. The Morgan fingerprint density at radius 2 is 1.77 bits per heavy atom. The molecule has 1 amide bonds. The summed E-state index contributed by atoms with van der Waals surface area (Å²) in [6, 6.07) is 12.0. The van der Waals surface area contributed by atoms with Crippen LogP contribution in [0.3, 0.4) is 0 Å². The van der Waals surface area contributed by atoms with E-state index in [-0.39, 0.29) is 5.92 Å². The van der Waals surface area contributed by atoms with E-state index in [9.17, 15) is 27.9 Å². The summed E-state index contributed by atoms with van der Waals surface area (Å²) in [7, 11) is 0. The molecule has 1 saturated carbocycles. The van der Waals surface area contributed by atoms with Crippen molar-refractivity contribution in [3.63, 3.8) is 0 Å². The number of carboxylic acid groups (broad SMARTS) is 1. The molecule has 0 aromatic heterocycles. The number of aliphatic carboxylic acids is 1. The van der Waals surface area contributed by atoms with Crippen molar-refractivity contribution in [3.05, 3.63) is 71.3 Å². The molecule has 2 aromatic carbocycles. The zero-order valence-corrected chi connectivity index (χ0v) is 13.5. The van der Waals surface area contributed by atoms with Crippen molar-refractivity contribution < 1.29 is 27.9 Å². The van der Waals surface area contributed by atoms with Crippen LogP contribution in [-0.2, 0) is 15.8 Å². The van der Waals surface area contributed by atoms with E-state index in [1.165, 1.54) is 6.07 Å². The zero-order valence-electron chi connectivity index (χ0n) is 13.5. The van der Waals surface area contributed by atoms with Gasteiger partial charge in [-0.15, -0.1) is 0 Å². The lowest BCUT2D eigenvalue weighted by molar-refractivity contribution is -0.142. The lowest BCUT2D eigenvalue weighted by Crippen LogP contribution is -2.35. The SMILES string of the molecule is O=C(N[C@@H](C(=O)O)c1ccccc1)C1CC1c1cccc(C(F)(F)F)c1. The maximum Gasteiger partial charge on any atom is 0.416 e. The average Bonchev–Trinajstić information content (AvgIpc) is 3.40. The average molecular weight is 363 g/mol. The third-order valence-electron chi connectivity index (χ3n) is 4.44. The number of benzene rings is 2. The standard InChI is InChI=1S/C19H16F3NO3/c20-19(21,22)13-8-4-7-12(9-13)14-10-15(14)17(24)23-16(18(25)26)11-5-2-1-3-6-11/h1-9,14-16H,10H2,(H,23,24)(H,25,26)/t14?,15?,16-/m1/s1. The second-order valence-corrected chi connectivity index (χ2v) is 6.26. The summed E-state index contributed by atoms with van der Waals surface area (Å²) >= 11 is 0. The Labute approximate surface area is 147 Å². The monoisotopic (exact) mass is 363 g/mol. The van der Waals surface area contributed by atoms with Gasteiger partial charge in [0.15, 0.2) is 6.04 Å². The predicted molar refractivity (Wildman–Crippen MR) is 87.3 cm³/mol. The smallest absolute Gasteiger partial charge is 0.416 e. The molecule has 0 spiro atoms. The van der Waals surface area contributed by atoms with Crippen LogP contribution in [0, 0.1) is 5.92 Å². The summed E-state index contributed by atoms with van der Waals surface area (Å²) in [5.41, 5.74) is 0.116. The van der Waals surface area contributed by atoms with Crippen LogP contribution in [0.1, 0.15) is 35.1 Å². The molecular weight excluding hydrogens is 347 g/mol. The van der Waals surface area contributed by atoms with Gasteiger partial charge in [0, 0.05) is 5.92 Å². The third-order valence-corrected chi connectivity index (χ3v) is 4.44. The molecule has 7 heteroatoms. The maximum atomic E-state index is 12.8. The van der Waals surface area contributed by atoms with Crippen molar-refractivity contribution in [1.29, 1.82) is 0 Å². The van der Waals surface area contributed by atoms with Crippen molar-refractivity contribution in [2.75, 3.05) is 0 Å². The van der Waals surface area contributed by atoms with Crippen molar-refractivity contribution in [1.82, 2.24) is 5.32 Å². The van der Waals surface area contributed by atoms with Crippen LogP contribution in [0.5, 0.6) is 0 Å². The van der Waals surface area contributed by atoms with Crippen molar-refractivity contribution in [2.24, 2.45) is 5.92 Å². The van der Waals surface area contributed by atoms with Gasteiger partial charge in [-0.1, -0.05) is 48.5 Å². The molecule has 136 valence electrons. The maximum absolute atomic E-state index is 12.8. The van der Waals surface area contributed by atoms with Gasteiger partial charge in [0.05, 0.1) is 5.56 Å². The highest BCUT2D eigenvalue weighted by molar-refractivity contribution is 5.88. The van der Waals surface area contributed by atoms with Gasteiger partial charge in [0.2, 0.25) is 5.91 Å². The first-order valence-corrected chi connectivity index (χ1v) is 8.02. The van der Waals surface area contributed by atoms with Crippen LogP contribution in [0.4, 0.5) is 13.2 Å². The van der Waals surface area contributed by atoms with Gasteiger partial charge in [-0.25, -0.2) is 4.79 Å². The largest absolute Gasteiger partial charge is 0.479 e. The molecule has 1 fully saturated rings. The van der Waals surface area contributed by atoms with Crippen LogP contribution >= 0.6 is 0 Å². The minimum absolute atomic E-state index is 0.331. The van der Waals surface area contributed by atoms with E-state index in [1.807, 2.05) is 0 Å². The molecule has 1 aliphatic carbocycles. The molecule has 2 N–H and O–H groups in total. The molecule has 26 heavy (non-hydrogen) atoms. The van der Waals surface area contributed by atoms with Crippen LogP contribution in [0.15, 0.2) is 54.6 Å². The fourth-order valence-corrected chi connectivity index (χ4v) is 2.98. The second kappa shape index (κ2) is 6.82. The van der Waals surface area contributed by atoms with E-state index >= 15 is 0 Å². The van der Waals surface area contributed by atoms with E-state index < -0.39 is 35.6 Å². The molecule has 0 bridgehead atoms. The quantitative estimate of drug-likeness (QED) is 0.850. The van der Waals surface area contributed by atoms with E-state index in [0.717, 1.165) is 12.1 Å². The molecule has 3 atom stereocenters. The molecule has 3 rings (SSSR count). The van der Waals surface area contributed by atoms with Crippen LogP contribution < -0.4 is 5.32 Å². The van der Waals surface area contributed by atoms with Gasteiger partial charge in [-0.05, 0) is 29.5 Å². The predicted octanol–water partition coefficient (Wildman–Crippen LogP) is 3.75. The lowest BCUT2D eigenvalue weighted by atomic mass is 10.0. The number of carboxylic acids is 1. The molecule has 0 radical (unpaired) electrons. The molecule has 1 aliphatic rings. The molecule has 0 saturated heterocycles. The summed E-state index contributed by atoms with van der Waals surface area (Å²) in [4.78, 5) is 23.8. The number of hydrogen-bond donors (Lipinski definition) is 2. The first kappa shape index (κ1) is 18.0. The fourth-order valence-electron chi connectivity index (χ4n) is 2.98. The van der Waals surface area contributed by atoms with E-state index in [1.54, 1.807) is 36.4 Å². The van der Waals surface area contributed by atoms with Crippen LogP contribution in [-0.4, -0.2) is 17.0 Å². The minimum Gasteiger partial charge on any atom is -0.479 e. The highest BCUT2D eigenvalue weighted by Crippen LogP contribution is 2.48. The Morgan fingerprint density at radius 1 is 1.08 bits per heavy atom. The topological polar surface area (TPSA) is 66.4 Å². The molecule has 4 nitrogen and oxygen atoms in total. The van der Waals surface area contributed by atoms with Crippen LogP contribution in [0.2, 0.25) is 0 Å². The highest BCUT2D eigenvalue weighted by atomic mass is 19.4. The number of halogens is 3. The summed E-state index contributed by atoms with van der Waals surface area (Å²) in [6.07, 6.45) is -4.04. The summed E-state index contributed by atoms with van der Waals surface area (Å²) in [5.74, 6) is -2.52. The van der Waals surface area contributed by atoms with Gasteiger partial charge in [-0.3, -0.25) is 4.79 Å². The summed E-state index contributed by atoms with van der Waals surface area (Å²) in [5, 5.41) is 11.8. The molecular formula is C19H16F3NO3. The Hall–Kier alpha value is -2.83. The van der Waals surface area contributed by atoms with Gasteiger partial charge >= 0.3 is 12.1 Å². The van der Waals surface area contributed by atoms with Crippen molar-refractivity contribution >= 4 is 11.9 Å². The number of nitrogens with one attached hydrogen (secondary N) is 1. The second-order valence-electron chi connectivity index (χ2n) is 6.26. The van der Waals surface area contributed by atoms with Gasteiger partial charge < -0.3 is 10.4 Å². The van der Waals surface area contributed by atoms with Crippen LogP contribution in [0.25, 0.3) is 0 Å². The summed E-state index contributed by atoms with van der Waals surface area (Å²) in [6.45, 7) is 0. The summed E-state index contributed by atoms with van der Waals surface area (Å²) < 4.78 is 38.4. The molecule has 0 heterocycles. The zero-order chi connectivity index (χ0) is 18.9. The third kappa shape index (κ3) is 3.87. The molecule has 2 unspecified atom stereocenters. The minimum atomic E-state index is -4.44. The number of carbonyl (C=O) groups excluding carboxylic acids is 1. The normalized spacial score (nSPS) is 20.3. The Morgan fingerprint density at radius 3 is 2.38 bits per heavy atom. The number of alkyl halides is 3. The van der Waals surface area contributed by atoms with Gasteiger partial charge in [0.25, 0.3) is 0 Å². The van der Waals surface area contributed by atoms with Gasteiger partial charge in [-0.2, -0.15) is 13.2 Å². The highest BCUT2D eigenvalue weighted by Gasteiger charge is 2.45. The molecule has 0 aliphatic heterocycles.